The molecule has 126 valence electrons. The molecule has 24 heavy (non-hydrogen) atoms. The third-order valence-electron chi connectivity index (χ3n) is 4.59. The molecule has 2 aliphatic rings. The minimum atomic E-state index is -0.660. The lowest BCUT2D eigenvalue weighted by Gasteiger charge is -2.30. The molecule has 0 spiro atoms. The van der Waals surface area contributed by atoms with Crippen molar-refractivity contribution in [3.05, 3.63) is 51.9 Å². The predicted molar refractivity (Wildman–Crippen MR) is 84.2 cm³/mol. The maximum absolute atomic E-state index is 13.2. The van der Waals surface area contributed by atoms with E-state index in [0.717, 1.165) is 31.3 Å². The van der Waals surface area contributed by atoms with E-state index >= 15 is 0 Å². The Morgan fingerprint density at radius 1 is 1.17 bits per heavy atom. The van der Waals surface area contributed by atoms with Crippen molar-refractivity contribution in [1.29, 1.82) is 0 Å². The molecule has 1 atom stereocenters. The summed E-state index contributed by atoms with van der Waals surface area (Å²) in [6.07, 6.45) is 3.34. The van der Waals surface area contributed by atoms with Crippen molar-refractivity contribution in [3.8, 4) is 5.88 Å². The molecular weight excluding hydrogens is 316 g/mol. The Morgan fingerprint density at radius 3 is 2.75 bits per heavy atom. The lowest BCUT2D eigenvalue weighted by atomic mass is 10.0. The third-order valence-corrected chi connectivity index (χ3v) is 4.59. The largest absolute Gasteiger partial charge is 0.473 e. The van der Waals surface area contributed by atoms with E-state index in [-0.39, 0.29) is 18.2 Å². The van der Waals surface area contributed by atoms with Gasteiger partial charge in [0.2, 0.25) is 5.88 Å². The number of fused-ring (bicyclic) bond motifs is 3. The van der Waals surface area contributed by atoms with Crippen molar-refractivity contribution >= 4 is 5.82 Å². The van der Waals surface area contributed by atoms with E-state index < -0.39 is 11.6 Å². The zero-order chi connectivity index (χ0) is 16.7. The predicted octanol–water partition coefficient (Wildman–Crippen LogP) is 2.47. The SMILES string of the molecule is O=c1nc(OCc2cc(F)cc(F)c2)cc2n1C[C@H]1CCCCN21. The second-order valence-corrected chi connectivity index (χ2v) is 6.26. The van der Waals surface area contributed by atoms with Crippen LogP contribution in [0.25, 0.3) is 0 Å². The van der Waals surface area contributed by atoms with E-state index in [0.29, 0.717) is 18.2 Å². The molecular formula is C17H17F2N3O2. The summed E-state index contributed by atoms with van der Waals surface area (Å²) in [5, 5.41) is 0. The molecule has 4 rings (SSSR count). The molecule has 0 radical (unpaired) electrons. The van der Waals surface area contributed by atoms with Gasteiger partial charge in [0.1, 0.15) is 24.1 Å². The fourth-order valence-electron chi connectivity index (χ4n) is 3.51. The average molecular weight is 333 g/mol. The molecule has 7 heteroatoms. The van der Waals surface area contributed by atoms with E-state index in [1.165, 1.54) is 18.6 Å². The maximum Gasteiger partial charge on any atom is 0.352 e. The van der Waals surface area contributed by atoms with Crippen molar-refractivity contribution in [2.75, 3.05) is 11.4 Å². The second kappa shape index (κ2) is 5.89. The van der Waals surface area contributed by atoms with Gasteiger partial charge in [-0.1, -0.05) is 0 Å². The number of ether oxygens (including phenoxy) is 1. The summed E-state index contributed by atoms with van der Waals surface area (Å²) in [6, 6.07) is 5.29. The van der Waals surface area contributed by atoms with E-state index in [1.807, 2.05) is 0 Å². The summed E-state index contributed by atoms with van der Waals surface area (Å²) in [6.45, 7) is 1.53. The Kier molecular flexibility index (Phi) is 3.70. The van der Waals surface area contributed by atoms with Crippen LogP contribution >= 0.6 is 0 Å². The van der Waals surface area contributed by atoms with Crippen LogP contribution in [0.1, 0.15) is 24.8 Å². The van der Waals surface area contributed by atoms with Gasteiger partial charge in [0.15, 0.2) is 0 Å². The van der Waals surface area contributed by atoms with Crippen molar-refractivity contribution in [2.45, 2.75) is 38.5 Å². The van der Waals surface area contributed by atoms with Crippen LogP contribution in [-0.4, -0.2) is 22.1 Å². The fraction of sp³-hybridized carbons (Fsp3) is 0.412. The molecule has 2 aromatic rings. The first kappa shape index (κ1) is 15.1. The Bertz CT molecular complexity index is 817. The van der Waals surface area contributed by atoms with E-state index in [4.69, 9.17) is 4.74 Å². The quantitative estimate of drug-likeness (QED) is 0.866. The highest BCUT2D eigenvalue weighted by Gasteiger charge is 2.32. The van der Waals surface area contributed by atoms with Crippen LogP contribution in [-0.2, 0) is 13.2 Å². The minimum absolute atomic E-state index is 0.0476. The standard InChI is InChI=1S/C17H17F2N3O2/c18-12-5-11(6-13(19)7-12)10-24-15-8-16-21-4-2-1-3-14(21)9-22(16)17(23)20-15/h5-8,14H,1-4,9-10H2/t14-/m1/s1. The minimum Gasteiger partial charge on any atom is -0.473 e. The van der Waals surface area contributed by atoms with Crippen molar-refractivity contribution in [3.63, 3.8) is 0 Å². The summed E-state index contributed by atoms with van der Waals surface area (Å²) < 4.78 is 33.6. The Balaban J connectivity index is 1.57. The van der Waals surface area contributed by atoms with Gasteiger partial charge in [0, 0.05) is 31.3 Å². The zero-order valence-corrected chi connectivity index (χ0v) is 13.0. The molecule has 0 aliphatic carbocycles. The van der Waals surface area contributed by atoms with Crippen LogP contribution in [0.15, 0.2) is 29.1 Å². The van der Waals surface area contributed by atoms with Gasteiger partial charge < -0.3 is 9.64 Å². The van der Waals surface area contributed by atoms with Crippen LogP contribution in [0.5, 0.6) is 5.88 Å². The molecule has 0 N–H and O–H groups in total. The number of aromatic nitrogens is 2. The van der Waals surface area contributed by atoms with Gasteiger partial charge in [0.25, 0.3) is 0 Å². The van der Waals surface area contributed by atoms with Crippen LogP contribution in [0.4, 0.5) is 14.6 Å². The lowest BCUT2D eigenvalue weighted by molar-refractivity contribution is 0.290. The van der Waals surface area contributed by atoms with E-state index in [9.17, 15) is 13.6 Å². The van der Waals surface area contributed by atoms with Gasteiger partial charge in [0.05, 0.1) is 0 Å². The van der Waals surface area contributed by atoms with Gasteiger partial charge in [-0.05, 0) is 37.0 Å². The first-order chi connectivity index (χ1) is 11.6. The van der Waals surface area contributed by atoms with Crippen molar-refractivity contribution < 1.29 is 13.5 Å². The highest BCUT2D eigenvalue weighted by molar-refractivity contribution is 5.47. The van der Waals surface area contributed by atoms with Gasteiger partial charge in [-0.3, -0.25) is 4.57 Å². The molecule has 5 nitrogen and oxygen atoms in total. The average Bonchev–Trinajstić information content (AvgIpc) is 2.92. The number of halogens is 2. The topological polar surface area (TPSA) is 47.4 Å². The number of benzene rings is 1. The normalized spacial score (nSPS) is 19.1. The number of rotatable bonds is 3. The zero-order valence-electron chi connectivity index (χ0n) is 13.0. The van der Waals surface area contributed by atoms with Gasteiger partial charge in [-0.25, -0.2) is 13.6 Å². The molecule has 1 aromatic heterocycles. The number of hydrogen-bond acceptors (Lipinski definition) is 4. The van der Waals surface area contributed by atoms with Crippen molar-refractivity contribution in [2.24, 2.45) is 0 Å². The summed E-state index contributed by atoms with van der Waals surface area (Å²) in [7, 11) is 0. The first-order valence-corrected chi connectivity index (χ1v) is 8.06. The van der Waals surface area contributed by atoms with Crippen LogP contribution < -0.4 is 15.3 Å². The molecule has 1 fully saturated rings. The molecule has 3 heterocycles. The van der Waals surface area contributed by atoms with Gasteiger partial charge in [-0.15, -0.1) is 0 Å². The Labute approximate surface area is 137 Å². The number of piperidine rings is 1. The Morgan fingerprint density at radius 2 is 1.96 bits per heavy atom. The molecule has 0 amide bonds. The smallest absolute Gasteiger partial charge is 0.352 e. The fourth-order valence-corrected chi connectivity index (χ4v) is 3.51. The highest BCUT2D eigenvalue weighted by atomic mass is 19.1. The van der Waals surface area contributed by atoms with Crippen LogP contribution in [0.2, 0.25) is 0 Å². The summed E-state index contributed by atoms with van der Waals surface area (Å²) in [5.41, 5.74) is 0.00747. The van der Waals surface area contributed by atoms with Gasteiger partial charge in [-0.2, -0.15) is 4.98 Å². The maximum atomic E-state index is 13.2. The number of nitrogens with zero attached hydrogens (tertiary/aromatic N) is 3. The van der Waals surface area contributed by atoms with Crippen molar-refractivity contribution in [1.82, 2.24) is 9.55 Å². The monoisotopic (exact) mass is 333 g/mol. The molecule has 1 aromatic carbocycles. The third kappa shape index (κ3) is 2.74. The van der Waals surface area contributed by atoms with Gasteiger partial charge >= 0.3 is 5.69 Å². The second-order valence-electron chi connectivity index (χ2n) is 6.26. The number of hydrogen-bond donors (Lipinski definition) is 0. The summed E-state index contributed by atoms with van der Waals surface area (Å²) in [5.74, 6) is -0.319. The summed E-state index contributed by atoms with van der Waals surface area (Å²) >= 11 is 0. The van der Waals surface area contributed by atoms with E-state index in [2.05, 4.69) is 9.88 Å². The summed E-state index contributed by atoms with van der Waals surface area (Å²) in [4.78, 5) is 18.4. The van der Waals surface area contributed by atoms with Crippen LogP contribution in [0.3, 0.4) is 0 Å². The molecule has 0 unspecified atom stereocenters. The highest BCUT2D eigenvalue weighted by Crippen LogP contribution is 2.32. The Hall–Kier alpha value is -2.44. The molecule has 1 saturated heterocycles. The molecule has 2 aliphatic heterocycles. The lowest BCUT2D eigenvalue weighted by Crippen LogP contribution is -2.36. The molecule has 0 saturated carbocycles. The van der Waals surface area contributed by atoms with Crippen LogP contribution in [0, 0.1) is 11.6 Å². The molecule has 0 bridgehead atoms. The van der Waals surface area contributed by atoms with E-state index in [1.54, 1.807) is 10.6 Å². The first-order valence-electron chi connectivity index (χ1n) is 8.06. The number of anilines is 1.